The zero-order chi connectivity index (χ0) is 34.6. The number of carbonyl (C=O) groups is 1. The molecule has 2 N–H and O–H groups in total. The number of rotatable bonds is 15. The zero-order valence-corrected chi connectivity index (χ0v) is 32.0. The number of amides is 1. The Morgan fingerprint density at radius 2 is 1.79 bits per heavy atom. The average Bonchev–Trinajstić information content (AvgIpc) is 3.33. The molecule has 3 fully saturated rings. The van der Waals surface area contributed by atoms with Gasteiger partial charge in [-0.25, -0.2) is 9.36 Å². The number of quaternary nitrogens is 1. The van der Waals surface area contributed by atoms with Crippen LogP contribution in [-0.4, -0.2) is 69.0 Å². The van der Waals surface area contributed by atoms with Crippen LogP contribution in [-0.2, 0) is 18.3 Å². The molecule has 1 amide bonds. The summed E-state index contributed by atoms with van der Waals surface area (Å²) in [5.74, 6) is 5.10. The summed E-state index contributed by atoms with van der Waals surface area (Å²) in [6, 6.07) is 0. The van der Waals surface area contributed by atoms with E-state index in [9.17, 15) is 14.3 Å². The van der Waals surface area contributed by atoms with Gasteiger partial charge in [-0.3, -0.25) is 9.05 Å². The summed E-state index contributed by atoms with van der Waals surface area (Å²) in [6.45, 7) is 15.7. The van der Waals surface area contributed by atoms with Gasteiger partial charge in [-0.1, -0.05) is 65.3 Å². The van der Waals surface area contributed by atoms with E-state index in [0.717, 1.165) is 42.9 Å². The molecule has 8 nitrogen and oxygen atoms in total. The summed E-state index contributed by atoms with van der Waals surface area (Å²) >= 11 is 0. The smallest absolute Gasteiger partial charge is 0.446 e. The Kier molecular flexibility index (Phi) is 13.0. The number of fused-ring (bicyclic) bond motifs is 5. The number of carbonyl (C=O) groups excluding carboxylic acids is 1. The molecule has 10 atom stereocenters. The van der Waals surface area contributed by atoms with Gasteiger partial charge in [-0.05, 0) is 110 Å². The van der Waals surface area contributed by atoms with Crippen molar-refractivity contribution in [3.8, 4) is 0 Å². The number of alkyl carbamates (subject to hydrolysis) is 1. The Morgan fingerprint density at radius 1 is 1.06 bits per heavy atom. The molecule has 0 bridgehead atoms. The molecule has 4 aliphatic carbocycles. The summed E-state index contributed by atoms with van der Waals surface area (Å²) < 4.78 is 28.6. The van der Waals surface area contributed by atoms with E-state index in [-0.39, 0.29) is 24.7 Å². The molecule has 0 aromatic heterocycles. The first-order valence-electron chi connectivity index (χ1n) is 18.7. The third kappa shape index (κ3) is 9.54. The number of nitrogens with zero attached hydrogens (tertiary/aromatic N) is 1. The fraction of sp³-hybridized carbons (Fsp3) is 0.868. The number of hydrogen-bond acceptors (Lipinski definition) is 5. The highest BCUT2D eigenvalue weighted by Crippen LogP contribution is 2.67. The van der Waals surface area contributed by atoms with E-state index >= 15 is 0 Å². The van der Waals surface area contributed by atoms with Gasteiger partial charge in [0.15, 0.2) is 0 Å². The molecule has 0 aliphatic heterocycles. The molecule has 0 spiro atoms. The largest absolute Gasteiger partial charge is 0.472 e. The number of likely N-dealkylation sites (N-methyl/N-ethyl adjacent to an activating group) is 1. The van der Waals surface area contributed by atoms with Crippen molar-refractivity contribution in [2.75, 3.05) is 47.4 Å². The van der Waals surface area contributed by atoms with Crippen molar-refractivity contribution in [2.45, 2.75) is 112 Å². The highest BCUT2D eigenvalue weighted by atomic mass is 31.2. The first-order valence-corrected chi connectivity index (χ1v) is 20.2. The second kappa shape index (κ2) is 15.8. The number of phosphoric acid groups is 1. The van der Waals surface area contributed by atoms with Crippen LogP contribution in [0.1, 0.15) is 106 Å². The number of phosphoric ester groups is 1. The third-order valence-electron chi connectivity index (χ3n) is 12.9. The number of hydrogen-bond donors (Lipinski definition) is 2. The average molecular weight is 680 g/mol. The minimum atomic E-state index is -4.09. The lowest BCUT2D eigenvalue weighted by atomic mass is 9.47. The fourth-order valence-electron chi connectivity index (χ4n) is 10.0. The molecule has 9 heteroatoms. The highest BCUT2D eigenvalue weighted by Gasteiger charge is 2.59. The fourth-order valence-corrected chi connectivity index (χ4v) is 10.8. The second-order valence-electron chi connectivity index (χ2n) is 17.2. The van der Waals surface area contributed by atoms with E-state index in [1.807, 2.05) is 21.1 Å². The van der Waals surface area contributed by atoms with Crippen molar-refractivity contribution in [3.63, 3.8) is 0 Å². The van der Waals surface area contributed by atoms with Gasteiger partial charge in [0.05, 0.1) is 27.7 Å². The van der Waals surface area contributed by atoms with Gasteiger partial charge >= 0.3 is 13.9 Å². The maximum atomic E-state index is 12.6. The van der Waals surface area contributed by atoms with Crippen molar-refractivity contribution in [1.82, 2.24) is 5.32 Å². The monoisotopic (exact) mass is 679 g/mol. The highest BCUT2D eigenvalue weighted by molar-refractivity contribution is 7.47. The van der Waals surface area contributed by atoms with Crippen LogP contribution in [0.15, 0.2) is 23.8 Å². The van der Waals surface area contributed by atoms with Gasteiger partial charge in [-0.15, -0.1) is 0 Å². The summed E-state index contributed by atoms with van der Waals surface area (Å²) in [6.07, 6.45) is 18.1. The summed E-state index contributed by atoms with van der Waals surface area (Å²) in [5.41, 5.74) is 2.15. The van der Waals surface area contributed by atoms with Crippen LogP contribution >= 0.6 is 7.82 Å². The van der Waals surface area contributed by atoms with Gasteiger partial charge < -0.3 is 19.4 Å². The van der Waals surface area contributed by atoms with Crippen LogP contribution in [0.4, 0.5) is 4.79 Å². The van der Waals surface area contributed by atoms with E-state index in [2.05, 4.69) is 65.1 Å². The summed E-state index contributed by atoms with van der Waals surface area (Å²) in [4.78, 5) is 22.5. The molecule has 0 aromatic rings. The van der Waals surface area contributed by atoms with Crippen molar-refractivity contribution in [3.05, 3.63) is 23.8 Å². The number of nitrogens with one attached hydrogen (secondary N) is 1. The Morgan fingerprint density at radius 3 is 2.47 bits per heavy atom. The first kappa shape index (κ1) is 38.6. The van der Waals surface area contributed by atoms with E-state index in [1.54, 1.807) is 0 Å². The van der Waals surface area contributed by atoms with Crippen LogP contribution < -0.4 is 5.32 Å². The van der Waals surface area contributed by atoms with Crippen molar-refractivity contribution in [1.29, 1.82) is 0 Å². The van der Waals surface area contributed by atoms with Crippen molar-refractivity contribution in [2.24, 2.45) is 52.3 Å². The Hall–Kier alpha value is -1.18. The standard InChI is InChI=1S/C38H67N2O6P/c1-10-29(27(2)3)13-12-28(4)33-16-17-34-32-15-14-30-26-31(18-20-37(30,5)35(32)19-21-38(33,34)6)46-36(41)39-22-11-24-44-47(42,43)45-25-23-40(7,8)9/h12-14,27-29,31-35H,10-11,15-26H2,1-9H3,(H-,39,41,42,43)/p+1/b13-12+/t28-,29-,31+,32+,33-,34+,35+,37+,38-/m1/s1. The number of allylic oxidation sites excluding steroid dienone is 3. The van der Waals surface area contributed by atoms with Gasteiger partial charge in [0.1, 0.15) is 19.3 Å². The van der Waals surface area contributed by atoms with Crippen LogP contribution in [0.25, 0.3) is 0 Å². The molecule has 3 saturated carbocycles. The topological polar surface area (TPSA) is 94.1 Å². The maximum Gasteiger partial charge on any atom is 0.472 e. The third-order valence-corrected chi connectivity index (χ3v) is 13.9. The molecule has 1 unspecified atom stereocenters. The van der Waals surface area contributed by atoms with Gasteiger partial charge in [0, 0.05) is 13.0 Å². The van der Waals surface area contributed by atoms with Crippen LogP contribution in [0.5, 0.6) is 0 Å². The second-order valence-corrected chi connectivity index (χ2v) is 18.7. The molecular weight excluding hydrogens is 611 g/mol. The van der Waals surface area contributed by atoms with Gasteiger partial charge in [0.25, 0.3) is 0 Å². The SMILES string of the molecule is CC[C@H](/C=C/[C@@H](C)[C@H]1CC[C@H]2[C@@H]3CC=C4C[C@@H](OC(=O)NCCCOP(=O)(O)OCC[N+](C)(C)C)CC[C@]4(C)[C@H]3CC[C@]12C)C(C)C. The molecule has 0 heterocycles. The van der Waals surface area contributed by atoms with Crippen molar-refractivity contribution < 1.29 is 32.5 Å². The van der Waals surface area contributed by atoms with E-state index in [1.165, 1.54) is 44.1 Å². The molecule has 4 rings (SSSR count). The van der Waals surface area contributed by atoms with Crippen LogP contribution in [0.3, 0.4) is 0 Å². The van der Waals surface area contributed by atoms with E-state index in [0.29, 0.717) is 47.2 Å². The predicted octanol–water partition coefficient (Wildman–Crippen LogP) is 8.76. The minimum Gasteiger partial charge on any atom is -0.446 e. The molecule has 270 valence electrons. The molecule has 0 saturated heterocycles. The van der Waals surface area contributed by atoms with E-state index in [4.69, 9.17) is 13.8 Å². The molecule has 0 radical (unpaired) electrons. The minimum absolute atomic E-state index is 0.0174. The Bertz CT molecular complexity index is 1170. The lowest BCUT2D eigenvalue weighted by molar-refractivity contribution is -0.870. The predicted molar refractivity (Wildman–Crippen MR) is 190 cm³/mol. The summed E-state index contributed by atoms with van der Waals surface area (Å²) in [5, 5.41) is 2.79. The zero-order valence-electron chi connectivity index (χ0n) is 31.1. The lowest BCUT2D eigenvalue weighted by Crippen LogP contribution is -2.51. The van der Waals surface area contributed by atoms with E-state index < -0.39 is 13.9 Å². The van der Waals surface area contributed by atoms with Crippen LogP contribution in [0.2, 0.25) is 0 Å². The normalized spacial score (nSPS) is 35.0. The van der Waals surface area contributed by atoms with Crippen LogP contribution in [0, 0.1) is 52.3 Å². The first-order chi connectivity index (χ1) is 22.0. The van der Waals surface area contributed by atoms with Crippen molar-refractivity contribution >= 4 is 13.9 Å². The Labute approximate surface area is 286 Å². The van der Waals surface area contributed by atoms with Gasteiger partial charge in [0.2, 0.25) is 0 Å². The van der Waals surface area contributed by atoms with Gasteiger partial charge in [-0.2, -0.15) is 0 Å². The molecule has 0 aromatic carbocycles. The molecule has 47 heavy (non-hydrogen) atoms. The Balaban J connectivity index is 1.24. The lowest BCUT2D eigenvalue weighted by Gasteiger charge is -2.58. The maximum absolute atomic E-state index is 12.6. The number of ether oxygens (including phenoxy) is 1. The molecule has 4 aliphatic rings. The quantitative estimate of drug-likeness (QED) is 0.0778. The molecular formula is C38H68N2O6P+. The summed E-state index contributed by atoms with van der Waals surface area (Å²) in [7, 11) is 1.85.